The van der Waals surface area contributed by atoms with Gasteiger partial charge in [-0.25, -0.2) is 9.18 Å². The number of carbonyl (C=O) groups is 2. The van der Waals surface area contributed by atoms with Crippen LogP contribution in [-0.4, -0.2) is 23.1 Å². The van der Waals surface area contributed by atoms with E-state index in [0.717, 1.165) is 5.56 Å². The van der Waals surface area contributed by atoms with E-state index in [1.807, 2.05) is 13.8 Å². The maximum atomic E-state index is 12.8. The maximum Gasteiger partial charge on any atom is 0.315 e. The molecule has 5 nitrogen and oxygen atoms in total. The van der Waals surface area contributed by atoms with Gasteiger partial charge in [0, 0.05) is 12.5 Å². The Hall–Kier alpha value is -2.11. The second kappa shape index (κ2) is 8.24. The number of benzene rings is 1. The first-order valence-electron chi connectivity index (χ1n) is 6.92. The van der Waals surface area contributed by atoms with Crippen molar-refractivity contribution in [2.24, 2.45) is 0 Å². The van der Waals surface area contributed by atoms with E-state index in [9.17, 15) is 14.0 Å². The summed E-state index contributed by atoms with van der Waals surface area (Å²) in [6.45, 7) is 3.63. The molecule has 116 valence electrons. The number of aliphatic carboxylic acids is 1. The van der Waals surface area contributed by atoms with Gasteiger partial charge in [0.15, 0.2) is 0 Å². The zero-order valence-electron chi connectivity index (χ0n) is 12.2. The normalized spacial score (nSPS) is 13.3. The van der Waals surface area contributed by atoms with Gasteiger partial charge in [-0.15, -0.1) is 0 Å². The summed E-state index contributed by atoms with van der Waals surface area (Å²) in [5.41, 5.74) is 0.810. The summed E-state index contributed by atoms with van der Waals surface area (Å²) in [5, 5.41) is 14.1. The van der Waals surface area contributed by atoms with Crippen LogP contribution in [0.1, 0.15) is 44.7 Å². The minimum absolute atomic E-state index is 0.0968. The fourth-order valence-corrected chi connectivity index (χ4v) is 1.93. The first-order valence-corrected chi connectivity index (χ1v) is 6.92. The zero-order valence-corrected chi connectivity index (χ0v) is 12.2. The third-order valence-corrected chi connectivity index (χ3v) is 3.12. The van der Waals surface area contributed by atoms with E-state index in [2.05, 4.69) is 10.6 Å². The number of carboxylic acids is 1. The van der Waals surface area contributed by atoms with Crippen LogP contribution in [0.25, 0.3) is 0 Å². The highest BCUT2D eigenvalue weighted by Crippen LogP contribution is 2.12. The molecule has 2 unspecified atom stereocenters. The van der Waals surface area contributed by atoms with Crippen molar-refractivity contribution in [3.05, 3.63) is 35.6 Å². The van der Waals surface area contributed by atoms with Crippen molar-refractivity contribution in [2.75, 3.05) is 0 Å². The predicted molar refractivity (Wildman–Crippen MR) is 77.4 cm³/mol. The third-order valence-electron chi connectivity index (χ3n) is 3.12. The third kappa shape index (κ3) is 6.74. The molecule has 6 heteroatoms. The van der Waals surface area contributed by atoms with Gasteiger partial charge in [0.25, 0.3) is 0 Å². The lowest BCUT2D eigenvalue weighted by molar-refractivity contribution is -0.137. The summed E-state index contributed by atoms with van der Waals surface area (Å²) in [7, 11) is 0. The van der Waals surface area contributed by atoms with Gasteiger partial charge in [-0.05, 0) is 44.4 Å². The number of carbonyl (C=O) groups excluding carboxylic acids is 1. The Bertz CT molecular complexity index is 476. The first kappa shape index (κ1) is 16.9. The SMILES string of the molecule is CC(CCCC(=O)O)NC(=O)NC(C)c1ccc(F)cc1. The van der Waals surface area contributed by atoms with Crippen molar-refractivity contribution in [1.29, 1.82) is 0 Å². The van der Waals surface area contributed by atoms with E-state index in [4.69, 9.17) is 5.11 Å². The van der Waals surface area contributed by atoms with Gasteiger partial charge in [-0.3, -0.25) is 4.79 Å². The summed E-state index contributed by atoms with van der Waals surface area (Å²) >= 11 is 0. The number of halogens is 1. The van der Waals surface area contributed by atoms with Crippen LogP contribution in [0.3, 0.4) is 0 Å². The minimum Gasteiger partial charge on any atom is -0.481 e. The van der Waals surface area contributed by atoms with E-state index >= 15 is 0 Å². The smallest absolute Gasteiger partial charge is 0.315 e. The molecule has 0 aromatic heterocycles. The minimum atomic E-state index is -0.836. The summed E-state index contributed by atoms with van der Waals surface area (Å²) in [6.07, 6.45) is 1.22. The van der Waals surface area contributed by atoms with Gasteiger partial charge in [-0.1, -0.05) is 12.1 Å². The molecule has 2 atom stereocenters. The number of hydrogen-bond donors (Lipinski definition) is 3. The van der Waals surface area contributed by atoms with E-state index in [0.29, 0.717) is 12.8 Å². The number of nitrogens with one attached hydrogen (secondary N) is 2. The molecular weight excluding hydrogens is 275 g/mol. The van der Waals surface area contributed by atoms with Crippen LogP contribution in [0.15, 0.2) is 24.3 Å². The highest BCUT2D eigenvalue weighted by molar-refractivity contribution is 5.74. The van der Waals surface area contributed by atoms with Crippen LogP contribution in [0.4, 0.5) is 9.18 Å². The van der Waals surface area contributed by atoms with Gasteiger partial charge < -0.3 is 15.7 Å². The fourth-order valence-electron chi connectivity index (χ4n) is 1.93. The standard InChI is InChI=1S/C15H21FN2O3/c1-10(4-3-5-14(19)20)17-15(21)18-11(2)12-6-8-13(16)9-7-12/h6-11H,3-5H2,1-2H3,(H,19,20)(H2,17,18,21). The molecule has 0 bridgehead atoms. The molecule has 0 saturated heterocycles. The molecule has 0 spiro atoms. The van der Waals surface area contributed by atoms with E-state index in [1.54, 1.807) is 12.1 Å². The number of urea groups is 1. The quantitative estimate of drug-likeness (QED) is 0.724. The predicted octanol–water partition coefficient (Wildman–Crippen LogP) is 2.83. The molecule has 0 aliphatic carbocycles. The molecule has 0 radical (unpaired) electrons. The lowest BCUT2D eigenvalue weighted by Crippen LogP contribution is -2.41. The van der Waals surface area contributed by atoms with Crippen molar-refractivity contribution in [3.8, 4) is 0 Å². The van der Waals surface area contributed by atoms with Crippen LogP contribution in [0, 0.1) is 5.82 Å². The van der Waals surface area contributed by atoms with E-state index < -0.39 is 5.97 Å². The Morgan fingerprint density at radius 2 is 1.81 bits per heavy atom. The molecule has 1 aromatic rings. The maximum absolute atomic E-state index is 12.8. The number of rotatable bonds is 7. The van der Waals surface area contributed by atoms with Crippen LogP contribution < -0.4 is 10.6 Å². The second-order valence-corrected chi connectivity index (χ2v) is 5.08. The van der Waals surface area contributed by atoms with Crippen LogP contribution >= 0.6 is 0 Å². The Labute approximate surface area is 123 Å². The van der Waals surface area contributed by atoms with Crippen molar-refractivity contribution >= 4 is 12.0 Å². The molecule has 0 heterocycles. The molecular formula is C15H21FN2O3. The molecule has 0 saturated carbocycles. The Morgan fingerprint density at radius 3 is 2.38 bits per heavy atom. The lowest BCUT2D eigenvalue weighted by Gasteiger charge is -2.18. The first-order chi connectivity index (χ1) is 9.88. The Balaban J connectivity index is 2.35. The van der Waals surface area contributed by atoms with Crippen molar-refractivity contribution < 1.29 is 19.1 Å². The second-order valence-electron chi connectivity index (χ2n) is 5.08. The van der Waals surface area contributed by atoms with Gasteiger partial charge in [-0.2, -0.15) is 0 Å². The average Bonchev–Trinajstić information content (AvgIpc) is 2.38. The van der Waals surface area contributed by atoms with Crippen LogP contribution in [0.2, 0.25) is 0 Å². The number of hydrogen-bond acceptors (Lipinski definition) is 2. The highest BCUT2D eigenvalue weighted by Gasteiger charge is 2.12. The lowest BCUT2D eigenvalue weighted by atomic mass is 10.1. The fraction of sp³-hybridized carbons (Fsp3) is 0.467. The molecule has 3 N–H and O–H groups in total. The summed E-state index contributed by atoms with van der Waals surface area (Å²) < 4.78 is 12.8. The van der Waals surface area contributed by atoms with Crippen LogP contribution in [-0.2, 0) is 4.79 Å². The number of carboxylic acid groups (broad SMARTS) is 1. The largest absolute Gasteiger partial charge is 0.481 e. The molecule has 0 fully saturated rings. The molecule has 21 heavy (non-hydrogen) atoms. The number of amides is 2. The average molecular weight is 296 g/mol. The Morgan fingerprint density at radius 1 is 1.19 bits per heavy atom. The zero-order chi connectivity index (χ0) is 15.8. The van der Waals surface area contributed by atoms with Gasteiger partial charge >= 0.3 is 12.0 Å². The van der Waals surface area contributed by atoms with Crippen molar-refractivity contribution in [1.82, 2.24) is 10.6 Å². The monoisotopic (exact) mass is 296 g/mol. The van der Waals surface area contributed by atoms with Gasteiger partial charge in [0.05, 0.1) is 6.04 Å². The van der Waals surface area contributed by atoms with Crippen LogP contribution in [0.5, 0.6) is 0 Å². The molecule has 2 amide bonds. The van der Waals surface area contributed by atoms with Gasteiger partial charge in [0.2, 0.25) is 0 Å². The van der Waals surface area contributed by atoms with E-state index in [-0.39, 0.29) is 30.4 Å². The molecule has 1 aromatic carbocycles. The van der Waals surface area contributed by atoms with Gasteiger partial charge in [0.1, 0.15) is 5.82 Å². The highest BCUT2D eigenvalue weighted by atomic mass is 19.1. The summed E-state index contributed by atoms with van der Waals surface area (Å²) in [5.74, 6) is -1.15. The topological polar surface area (TPSA) is 78.4 Å². The van der Waals surface area contributed by atoms with Crippen molar-refractivity contribution in [3.63, 3.8) is 0 Å². The van der Waals surface area contributed by atoms with Crippen molar-refractivity contribution in [2.45, 2.75) is 45.2 Å². The summed E-state index contributed by atoms with van der Waals surface area (Å²) in [4.78, 5) is 22.2. The van der Waals surface area contributed by atoms with E-state index in [1.165, 1.54) is 12.1 Å². The molecule has 1 rings (SSSR count). The molecule has 0 aliphatic rings. The Kier molecular flexibility index (Phi) is 6.65. The molecule has 0 aliphatic heterocycles. The summed E-state index contributed by atoms with van der Waals surface area (Å²) in [6, 6.07) is 5.27.